The van der Waals surface area contributed by atoms with Gasteiger partial charge in [0.05, 0.1) is 10.7 Å². The summed E-state index contributed by atoms with van der Waals surface area (Å²) < 4.78 is 7.40. The zero-order valence-corrected chi connectivity index (χ0v) is 10.1. The van der Waals surface area contributed by atoms with Crippen LogP contribution in [0.1, 0.15) is 5.56 Å². The van der Waals surface area contributed by atoms with Crippen LogP contribution in [-0.2, 0) is 0 Å². The highest BCUT2D eigenvalue weighted by Crippen LogP contribution is 2.30. The van der Waals surface area contributed by atoms with Gasteiger partial charge in [0, 0.05) is 4.47 Å². The van der Waals surface area contributed by atoms with Gasteiger partial charge in [0.1, 0.15) is 5.75 Å². The molecule has 0 N–H and O–H groups in total. The summed E-state index contributed by atoms with van der Waals surface area (Å²) in [5, 5.41) is 0. The first-order valence-electron chi connectivity index (χ1n) is 3.15. The van der Waals surface area contributed by atoms with Crippen LogP contribution in [0.3, 0.4) is 0 Å². The molecule has 3 heteroatoms. The zero-order chi connectivity index (χ0) is 8.43. The van der Waals surface area contributed by atoms with Crippen LogP contribution in [0.2, 0.25) is 0 Å². The Morgan fingerprint density at radius 2 is 2.09 bits per heavy atom. The minimum absolute atomic E-state index is 0.920. The van der Waals surface area contributed by atoms with Crippen LogP contribution in [0, 0.1) is 10.5 Å². The van der Waals surface area contributed by atoms with Crippen molar-refractivity contribution in [2.75, 3.05) is 7.11 Å². The van der Waals surface area contributed by atoms with Crippen molar-refractivity contribution in [1.29, 1.82) is 0 Å². The van der Waals surface area contributed by atoms with Crippen molar-refractivity contribution < 1.29 is 4.74 Å². The molecule has 0 heterocycles. The summed E-state index contributed by atoms with van der Waals surface area (Å²) in [6.45, 7) is 2.06. The van der Waals surface area contributed by atoms with E-state index in [1.54, 1.807) is 7.11 Å². The van der Waals surface area contributed by atoms with E-state index in [0.29, 0.717) is 0 Å². The molecule has 0 unspecified atom stereocenters. The molecule has 0 saturated carbocycles. The highest BCUT2D eigenvalue weighted by Gasteiger charge is 2.05. The van der Waals surface area contributed by atoms with Crippen molar-refractivity contribution >= 4 is 38.5 Å². The Morgan fingerprint density at radius 1 is 1.45 bits per heavy atom. The smallest absolute Gasteiger partial charge is 0.133 e. The Hall–Kier alpha value is 0.230. The number of benzene rings is 1. The number of hydrogen-bond acceptors (Lipinski definition) is 1. The zero-order valence-electron chi connectivity index (χ0n) is 6.32. The lowest BCUT2D eigenvalue weighted by atomic mass is 10.2. The van der Waals surface area contributed by atoms with E-state index in [1.807, 2.05) is 12.1 Å². The van der Waals surface area contributed by atoms with Gasteiger partial charge in [-0.15, -0.1) is 0 Å². The minimum atomic E-state index is 0.920. The van der Waals surface area contributed by atoms with Crippen molar-refractivity contribution in [1.82, 2.24) is 0 Å². The number of ether oxygens (including phenoxy) is 1. The normalized spacial score (nSPS) is 9.82. The summed E-state index contributed by atoms with van der Waals surface area (Å²) in [6, 6.07) is 4.01. The second kappa shape index (κ2) is 3.76. The van der Waals surface area contributed by atoms with Gasteiger partial charge in [-0.1, -0.05) is 6.07 Å². The van der Waals surface area contributed by atoms with E-state index < -0.39 is 0 Å². The Balaban J connectivity index is 3.25. The van der Waals surface area contributed by atoms with Gasteiger partial charge in [-0.2, -0.15) is 0 Å². The average Bonchev–Trinajstić information content (AvgIpc) is 2.01. The SMILES string of the molecule is COc1ccc(C)c(Br)c1I. The van der Waals surface area contributed by atoms with E-state index in [9.17, 15) is 0 Å². The second-order valence-electron chi connectivity index (χ2n) is 2.21. The van der Waals surface area contributed by atoms with E-state index in [1.165, 1.54) is 5.56 Å². The maximum atomic E-state index is 5.14. The molecule has 1 rings (SSSR count). The van der Waals surface area contributed by atoms with Crippen molar-refractivity contribution in [2.24, 2.45) is 0 Å². The van der Waals surface area contributed by atoms with E-state index in [2.05, 4.69) is 45.4 Å². The number of aryl methyl sites for hydroxylation is 1. The van der Waals surface area contributed by atoms with E-state index in [4.69, 9.17) is 4.74 Å². The minimum Gasteiger partial charge on any atom is -0.496 e. The summed E-state index contributed by atoms with van der Waals surface area (Å²) >= 11 is 5.74. The largest absolute Gasteiger partial charge is 0.496 e. The van der Waals surface area contributed by atoms with Gasteiger partial charge in [0.2, 0.25) is 0 Å². The first-order chi connectivity index (χ1) is 5.16. The van der Waals surface area contributed by atoms with Gasteiger partial charge >= 0.3 is 0 Å². The Kier molecular flexibility index (Phi) is 3.18. The van der Waals surface area contributed by atoms with Crippen LogP contribution in [0.15, 0.2) is 16.6 Å². The fraction of sp³-hybridized carbons (Fsp3) is 0.250. The lowest BCUT2D eigenvalue weighted by Crippen LogP contribution is -1.89. The second-order valence-corrected chi connectivity index (χ2v) is 4.08. The van der Waals surface area contributed by atoms with E-state index in [-0.39, 0.29) is 0 Å². The predicted octanol–water partition coefficient (Wildman–Crippen LogP) is 3.37. The summed E-state index contributed by atoms with van der Waals surface area (Å²) in [7, 11) is 1.68. The Labute approximate surface area is 88.4 Å². The van der Waals surface area contributed by atoms with Gasteiger partial charge in [-0.05, 0) is 57.1 Å². The van der Waals surface area contributed by atoms with Gasteiger partial charge in [-0.25, -0.2) is 0 Å². The average molecular weight is 327 g/mol. The monoisotopic (exact) mass is 326 g/mol. The molecule has 1 aromatic carbocycles. The third kappa shape index (κ3) is 1.87. The fourth-order valence-corrected chi connectivity index (χ4v) is 1.94. The van der Waals surface area contributed by atoms with Crippen LogP contribution in [0.25, 0.3) is 0 Å². The summed E-state index contributed by atoms with van der Waals surface area (Å²) in [5.74, 6) is 0.920. The molecule has 0 aliphatic heterocycles. The van der Waals surface area contributed by atoms with Gasteiger partial charge in [0.15, 0.2) is 0 Å². The Morgan fingerprint density at radius 3 is 2.64 bits per heavy atom. The predicted molar refractivity (Wildman–Crippen MR) is 58.1 cm³/mol. The van der Waals surface area contributed by atoms with Crippen LogP contribution < -0.4 is 4.74 Å². The molecule has 0 atom stereocenters. The lowest BCUT2D eigenvalue weighted by molar-refractivity contribution is 0.411. The molecule has 0 fully saturated rings. The Bertz CT molecular complexity index is 273. The van der Waals surface area contributed by atoms with Crippen molar-refractivity contribution in [2.45, 2.75) is 6.92 Å². The molecule has 0 aliphatic carbocycles. The molecule has 0 aliphatic rings. The standard InChI is InChI=1S/C8H8BrIO/c1-5-3-4-6(11-2)8(10)7(5)9/h3-4H,1-2H3. The molecule has 1 aromatic rings. The van der Waals surface area contributed by atoms with Crippen molar-refractivity contribution in [3.8, 4) is 5.75 Å². The number of halogens is 2. The van der Waals surface area contributed by atoms with Gasteiger partial charge < -0.3 is 4.74 Å². The molecular formula is C8H8BrIO. The van der Waals surface area contributed by atoms with Crippen molar-refractivity contribution in [3.05, 3.63) is 25.7 Å². The molecule has 0 amide bonds. The van der Waals surface area contributed by atoms with Crippen LogP contribution in [0.4, 0.5) is 0 Å². The molecule has 11 heavy (non-hydrogen) atoms. The topological polar surface area (TPSA) is 9.23 Å². The maximum Gasteiger partial charge on any atom is 0.133 e. The van der Waals surface area contributed by atoms with E-state index in [0.717, 1.165) is 13.8 Å². The first-order valence-corrected chi connectivity index (χ1v) is 5.02. The highest BCUT2D eigenvalue weighted by molar-refractivity contribution is 14.1. The molecule has 0 spiro atoms. The van der Waals surface area contributed by atoms with Gasteiger partial charge in [0.25, 0.3) is 0 Å². The molecule has 0 radical (unpaired) electrons. The molecular weight excluding hydrogens is 319 g/mol. The number of methoxy groups -OCH3 is 1. The molecule has 0 aromatic heterocycles. The van der Waals surface area contributed by atoms with E-state index >= 15 is 0 Å². The summed E-state index contributed by atoms with van der Waals surface area (Å²) in [6.07, 6.45) is 0. The maximum absolute atomic E-state index is 5.14. The number of rotatable bonds is 1. The van der Waals surface area contributed by atoms with Gasteiger partial charge in [-0.3, -0.25) is 0 Å². The fourth-order valence-electron chi connectivity index (χ4n) is 0.786. The van der Waals surface area contributed by atoms with Crippen molar-refractivity contribution in [3.63, 3.8) is 0 Å². The molecule has 0 bridgehead atoms. The quantitative estimate of drug-likeness (QED) is 0.719. The van der Waals surface area contributed by atoms with Crippen LogP contribution in [0.5, 0.6) is 5.75 Å². The summed E-state index contributed by atoms with van der Waals surface area (Å²) in [5.41, 5.74) is 1.23. The summed E-state index contributed by atoms with van der Waals surface area (Å²) in [4.78, 5) is 0. The third-order valence-corrected chi connectivity index (χ3v) is 4.29. The molecule has 1 nitrogen and oxygen atoms in total. The highest BCUT2D eigenvalue weighted by atomic mass is 127. The number of hydrogen-bond donors (Lipinski definition) is 0. The molecule has 0 saturated heterocycles. The van der Waals surface area contributed by atoms with Crippen LogP contribution >= 0.6 is 38.5 Å². The third-order valence-electron chi connectivity index (χ3n) is 1.46. The van der Waals surface area contributed by atoms with Crippen LogP contribution in [-0.4, -0.2) is 7.11 Å². The first kappa shape index (κ1) is 9.32. The molecule has 60 valence electrons. The lowest BCUT2D eigenvalue weighted by Gasteiger charge is -2.06.